The van der Waals surface area contributed by atoms with Crippen LogP contribution in [0.3, 0.4) is 0 Å². The number of fused-ring (bicyclic) bond motifs is 2. The van der Waals surface area contributed by atoms with E-state index >= 15 is 0 Å². The minimum atomic E-state index is -0.378. The maximum absolute atomic E-state index is 12.6. The molecule has 0 spiro atoms. The van der Waals surface area contributed by atoms with E-state index in [1.165, 1.54) is 0 Å². The lowest BCUT2D eigenvalue weighted by Gasteiger charge is -2.42. The van der Waals surface area contributed by atoms with Gasteiger partial charge in [0.25, 0.3) is 11.5 Å². The highest BCUT2D eigenvalue weighted by atomic mass is 16.5. The van der Waals surface area contributed by atoms with Gasteiger partial charge in [0, 0.05) is 24.8 Å². The average Bonchev–Trinajstić information content (AvgIpc) is 3.23. The Morgan fingerprint density at radius 1 is 1.13 bits per heavy atom. The van der Waals surface area contributed by atoms with Gasteiger partial charge in [0.1, 0.15) is 11.8 Å². The predicted octanol–water partition coefficient (Wildman–Crippen LogP) is 1.90. The van der Waals surface area contributed by atoms with E-state index in [0.29, 0.717) is 13.2 Å². The van der Waals surface area contributed by atoms with Crippen molar-refractivity contribution in [1.82, 2.24) is 20.9 Å². The molecule has 0 bridgehead atoms. The second-order valence-electron chi connectivity index (χ2n) is 8.49. The van der Waals surface area contributed by atoms with Gasteiger partial charge in [-0.05, 0) is 54.9 Å². The number of aromatic nitrogens is 1. The van der Waals surface area contributed by atoms with Crippen molar-refractivity contribution in [2.75, 3.05) is 6.61 Å². The van der Waals surface area contributed by atoms with E-state index in [2.05, 4.69) is 20.9 Å². The summed E-state index contributed by atoms with van der Waals surface area (Å²) in [6.07, 6.45) is 4.40. The van der Waals surface area contributed by atoms with Crippen molar-refractivity contribution in [3.63, 3.8) is 0 Å². The van der Waals surface area contributed by atoms with Crippen LogP contribution in [0.25, 0.3) is 0 Å². The smallest absolute Gasteiger partial charge is 0.317 e. The van der Waals surface area contributed by atoms with Gasteiger partial charge in [-0.3, -0.25) is 9.59 Å². The molecular weight excluding hydrogens is 396 g/mol. The molecule has 3 atom stereocenters. The molecule has 2 fully saturated rings. The molecular formula is C23H26N4O4. The second-order valence-corrected chi connectivity index (χ2v) is 8.49. The van der Waals surface area contributed by atoms with Gasteiger partial charge >= 0.3 is 6.03 Å². The fourth-order valence-electron chi connectivity index (χ4n) is 4.90. The van der Waals surface area contributed by atoms with Crippen molar-refractivity contribution in [3.8, 4) is 0 Å². The van der Waals surface area contributed by atoms with Crippen LogP contribution in [0, 0.1) is 5.92 Å². The van der Waals surface area contributed by atoms with Crippen LogP contribution in [0.5, 0.6) is 0 Å². The van der Waals surface area contributed by atoms with Crippen molar-refractivity contribution < 1.29 is 14.3 Å². The summed E-state index contributed by atoms with van der Waals surface area (Å²) in [6, 6.07) is 9.17. The van der Waals surface area contributed by atoms with Crippen LogP contribution in [-0.4, -0.2) is 29.8 Å². The van der Waals surface area contributed by atoms with E-state index in [-0.39, 0.29) is 41.2 Å². The highest BCUT2D eigenvalue weighted by Crippen LogP contribution is 2.34. The minimum Gasteiger partial charge on any atom is -0.358 e. The predicted molar refractivity (Wildman–Crippen MR) is 114 cm³/mol. The van der Waals surface area contributed by atoms with Crippen molar-refractivity contribution in [1.29, 1.82) is 0 Å². The summed E-state index contributed by atoms with van der Waals surface area (Å²) >= 11 is 0. The zero-order chi connectivity index (χ0) is 21.4. The maximum atomic E-state index is 12.6. The Balaban J connectivity index is 1.30. The van der Waals surface area contributed by atoms with Gasteiger partial charge < -0.3 is 25.7 Å². The van der Waals surface area contributed by atoms with E-state index < -0.39 is 0 Å². The quantitative estimate of drug-likeness (QED) is 0.603. The molecule has 3 heterocycles. The van der Waals surface area contributed by atoms with Gasteiger partial charge in [0.15, 0.2) is 0 Å². The van der Waals surface area contributed by atoms with Crippen LogP contribution >= 0.6 is 0 Å². The fourth-order valence-corrected chi connectivity index (χ4v) is 4.90. The highest BCUT2D eigenvalue weighted by molar-refractivity contribution is 5.94. The number of pyridine rings is 1. The summed E-state index contributed by atoms with van der Waals surface area (Å²) in [6.45, 7) is 0.953. The maximum Gasteiger partial charge on any atom is 0.317 e. The third-order valence-corrected chi connectivity index (χ3v) is 6.45. The second kappa shape index (κ2) is 8.19. The summed E-state index contributed by atoms with van der Waals surface area (Å²) < 4.78 is 5.74. The molecule has 0 unspecified atom stereocenters. The molecule has 8 nitrogen and oxygen atoms in total. The molecule has 4 N–H and O–H groups in total. The number of aryl methyl sites for hydroxylation is 2. The molecule has 2 aromatic rings. The molecule has 1 aliphatic carbocycles. The third kappa shape index (κ3) is 3.95. The van der Waals surface area contributed by atoms with Crippen molar-refractivity contribution >= 4 is 11.9 Å². The summed E-state index contributed by atoms with van der Waals surface area (Å²) in [5, 5.41) is 8.73. The molecule has 2 saturated heterocycles. The number of hydrogen-bond acceptors (Lipinski definition) is 4. The lowest BCUT2D eigenvalue weighted by Crippen LogP contribution is -2.58. The van der Waals surface area contributed by atoms with E-state index in [4.69, 9.17) is 4.74 Å². The highest BCUT2D eigenvalue weighted by Gasteiger charge is 2.39. The van der Waals surface area contributed by atoms with E-state index in [1.54, 1.807) is 6.07 Å². The first-order chi connectivity index (χ1) is 15.1. The average molecular weight is 422 g/mol. The standard InChI is InChI=1S/C23H26N4O4/c28-20(17-11-14-5-2-8-18(14)25-21(17)29)24-12-13-4-1-6-15(10-13)19-16-7-3-9-31-22(16)27-23(30)26-19/h1,4,6,10-11,16,19,22H,2-3,5,7-9,12H2,(H,24,28)(H,25,29)(H2,26,27,30)/t16-,19-,22-/m0/s1. The molecule has 5 rings (SSSR count). The third-order valence-electron chi connectivity index (χ3n) is 6.45. The number of nitrogens with one attached hydrogen (secondary N) is 4. The number of ether oxygens (including phenoxy) is 1. The normalized spacial score (nSPS) is 24.5. The number of rotatable bonds is 4. The van der Waals surface area contributed by atoms with Crippen LogP contribution in [0.2, 0.25) is 0 Å². The largest absolute Gasteiger partial charge is 0.358 e. The zero-order valence-electron chi connectivity index (χ0n) is 17.2. The Morgan fingerprint density at radius 2 is 2.03 bits per heavy atom. The Bertz CT molecular complexity index is 1080. The number of carbonyl (C=O) groups is 2. The molecule has 0 radical (unpaired) electrons. The Kier molecular flexibility index (Phi) is 5.23. The number of amides is 3. The molecule has 3 amide bonds. The Labute approximate surface area is 179 Å². The number of aromatic amines is 1. The fraction of sp³-hybridized carbons (Fsp3) is 0.435. The number of benzene rings is 1. The number of H-pyrrole nitrogens is 1. The van der Waals surface area contributed by atoms with Crippen molar-refractivity contribution in [3.05, 3.63) is 68.6 Å². The number of carbonyl (C=O) groups excluding carboxylic acids is 2. The molecule has 162 valence electrons. The van der Waals surface area contributed by atoms with Crippen LogP contribution < -0.4 is 21.5 Å². The summed E-state index contributed by atoms with van der Waals surface area (Å²) in [5.74, 6) is -0.224. The van der Waals surface area contributed by atoms with Gasteiger partial charge in [0.2, 0.25) is 0 Å². The van der Waals surface area contributed by atoms with Gasteiger partial charge in [-0.25, -0.2) is 4.79 Å². The number of hydrogen-bond donors (Lipinski definition) is 4. The summed E-state index contributed by atoms with van der Waals surface area (Å²) in [4.78, 5) is 39.8. The van der Waals surface area contributed by atoms with Crippen LogP contribution in [0.15, 0.2) is 35.1 Å². The summed E-state index contributed by atoms with van der Waals surface area (Å²) in [7, 11) is 0. The van der Waals surface area contributed by atoms with Crippen molar-refractivity contribution in [2.45, 2.75) is 50.9 Å². The molecule has 1 aromatic carbocycles. The van der Waals surface area contributed by atoms with Gasteiger partial charge in [-0.2, -0.15) is 0 Å². The lowest BCUT2D eigenvalue weighted by atomic mass is 9.85. The van der Waals surface area contributed by atoms with Crippen molar-refractivity contribution in [2.24, 2.45) is 5.92 Å². The first kappa shape index (κ1) is 19.8. The molecule has 3 aliphatic rings. The van der Waals surface area contributed by atoms with E-state index in [9.17, 15) is 14.4 Å². The van der Waals surface area contributed by atoms with Crippen LogP contribution in [0.4, 0.5) is 4.79 Å². The number of urea groups is 1. The van der Waals surface area contributed by atoms with Crippen LogP contribution in [-0.2, 0) is 24.1 Å². The topological polar surface area (TPSA) is 112 Å². The molecule has 0 saturated carbocycles. The summed E-state index contributed by atoms with van der Waals surface area (Å²) in [5.41, 5.74) is 3.71. The molecule has 8 heteroatoms. The van der Waals surface area contributed by atoms with Crippen LogP contribution in [0.1, 0.15) is 58.0 Å². The minimum absolute atomic E-state index is 0.144. The molecule has 2 aliphatic heterocycles. The monoisotopic (exact) mass is 422 g/mol. The zero-order valence-corrected chi connectivity index (χ0v) is 17.2. The first-order valence-electron chi connectivity index (χ1n) is 10.9. The van der Waals surface area contributed by atoms with E-state index in [1.807, 2.05) is 24.3 Å². The first-order valence-corrected chi connectivity index (χ1v) is 10.9. The Morgan fingerprint density at radius 3 is 2.94 bits per heavy atom. The lowest BCUT2D eigenvalue weighted by molar-refractivity contribution is -0.0602. The SMILES string of the molecule is O=C1N[C@H]2OCCC[C@H]2[C@H](c2cccc(CNC(=O)c3cc4c([nH]c3=O)CCC4)c2)N1. The van der Waals surface area contributed by atoms with Gasteiger partial charge in [0.05, 0.1) is 6.04 Å². The molecule has 31 heavy (non-hydrogen) atoms. The van der Waals surface area contributed by atoms with Gasteiger partial charge in [-0.15, -0.1) is 0 Å². The Hall–Kier alpha value is -3.13. The van der Waals surface area contributed by atoms with E-state index in [0.717, 1.165) is 54.5 Å². The van der Waals surface area contributed by atoms with Gasteiger partial charge in [-0.1, -0.05) is 24.3 Å². The molecule has 1 aromatic heterocycles.